The van der Waals surface area contributed by atoms with Crippen LogP contribution in [-0.4, -0.2) is 16.0 Å². The summed E-state index contributed by atoms with van der Waals surface area (Å²) < 4.78 is 43.4. The van der Waals surface area contributed by atoms with Gasteiger partial charge in [-0.2, -0.15) is 18.2 Å². The second-order valence-electron chi connectivity index (χ2n) is 6.35. The first-order chi connectivity index (χ1) is 11.8. The van der Waals surface area contributed by atoms with Crippen LogP contribution < -0.4 is 5.32 Å². The third-order valence-corrected chi connectivity index (χ3v) is 4.41. The average molecular weight is 353 g/mol. The Morgan fingerprint density at radius 1 is 1.32 bits per heavy atom. The molecule has 25 heavy (non-hydrogen) atoms. The lowest BCUT2D eigenvalue weighted by molar-refractivity contribution is -0.137. The number of rotatable bonds is 4. The maximum atomic E-state index is 12.8. The number of hydrogen-bond acceptors (Lipinski definition) is 4. The summed E-state index contributed by atoms with van der Waals surface area (Å²) in [6.07, 6.45) is -1.38. The van der Waals surface area contributed by atoms with Crippen molar-refractivity contribution < 1.29 is 22.5 Å². The molecule has 1 aromatic heterocycles. The molecule has 1 heterocycles. The number of nitrogens with one attached hydrogen (secondary N) is 1. The van der Waals surface area contributed by atoms with Gasteiger partial charge in [0.25, 0.3) is 0 Å². The van der Waals surface area contributed by atoms with E-state index in [1.54, 1.807) is 6.92 Å². The smallest absolute Gasteiger partial charge is 0.343 e. The molecule has 5 nitrogen and oxygen atoms in total. The number of amides is 1. The summed E-state index contributed by atoms with van der Waals surface area (Å²) in [5.74, 6) is 0.483. The number of aryl methyl sites for hydroxylation is 1. The number of aromatic nitrogens is 2. The summed E-state index contributed by atoms with van der Waals surface area (Å²) in [4.78, 5) is 16.7. The van der Waals surface area contributed by atoms with Gasteiger partial charge in [0.1, 0.15) is 5.54 Å². The Hall–Kier alpha value is -2.38. The summed E-state index contributed by atoms with van der Waals surface area (Å²) in [5, 5.41) is 6.85. The number of halogens is 3. The van der Waals surface area contributed by atoms with E-state index in [2.05, 4.69) is 15.5 Å². The normalized spacial score (nSPS) is 16.8. The van der Waals surface area contributed by atoms with Crippen LogP contribution in [0.2, 0.25) is 0 Å². The first kappa shape index (κ1) is 17.4. The first-order valence-electron chi connectivity index (χ1n) is 8.06. The molecule has 0 saturated heterocycles. The highest BCUT2D eigenvalue weighted by atomic mass is 19.4. The summed E-state index contributed by atoms with van der Waals surface area (Å²) in [6.45, 7) is 1.67. The number of benzene rings is 1. The molecule has 1 aromatic carbocycles. The lowest BCUT2D eigenvalue weighted by Crippen LogP contribution is -2.45. The van der Waals surface area contributed by atoms with Crippen molar-refractivity contribution in [3.05, 3.63) is 47.1 Å². The Bertz CT molecular complexity index is 764. The fourth-order valence-electron chi connectivity index (χ4n) is 3.23. The van der Waals surface area contributed by atoms with Crippen molar-refractivity contribution in [2.75, 3.05) is 0 Å². The molecular weight excluding hydrogens is 335 g/mol. The highest BCUT2D eigenvalue weighted by Gasteiger charge is 2.41. The van der Waals surface area contributed by atoms with Gasteiger partial charge in [0.15, 0.2) is 5.82 Å². The molecule has 1 N–H and O–H groups in total. The largest absolute Gasteiger partial charge is 0.416 e. The summed E-state index contributed by atoms with van der Waals surface area (Å²) in [6, 6.07) is 4.80. The van der Waals surface area contributed by atoms with Gasteiger partial charge in [0.2, 0.25) is 11.8 Å². The first-order valence-corrected chi connectivity index (χ1v) is 8.06. The van der Waals surface area contributed by atoms with Gasteiger partial charge in [-0.1, -0.05) is 36.2 Å². The summed E-state index contributed by atoms with van der Waals surface area (Å²) in [7, 11) is 0. The Kier molecular flexibility index (Phi) is 4.53. The molecule has 1 aliphatic carbocycles. The van der Waals surface area contributed by atoms with Gasteiger partial charge in [-0.15, -0.1) is 0 Å². The molecule has 0 radical (unpaired) electrons. The quantitative estimate of drug-likeness (QED) is 0.913. The van der Waals surface area contributed by atoms with Gasteiger partial charge < -0.3 is 9.84 Å². The van der Waals surface area contributed by atoms with Gasteiger partial charge in [0, 0.05) is 6.92 Å². The van der Waals surface area contributed by atoms with Gasteiger partial charge in [0.05, 0.1) is 12.0 Å². The molecule has 1 aliphatic rings. The molecule has 1 amide bonds. The van der Waals surface area contributed by atoms with Crippen LogP contribution in [0.1, 0.15) is 48.5 Å². The van der Waals surface area contributed by atoms with Crippen LogP contribution in [-0.2, 0) is 22.9 Å². The van der Waals surface area contributed by atoms with Crippen LogP contribution >= 0.6 is 0 Å². The zero-order valence-corrected chi connectivity index (χ0v) is 13.7. The molecule has 0 bridgehead atoms. The van der Waals surface area contributed by atoms with Crippen LogP contribution in [0.15, 0.2) is 28.8 Å². The van der Waals surface area contributed by atoms with Crippen LogP contribution in [0, 0.1) is 6.92 Å². The topological polar surface area (TPSA) is 68.0 Å². The summed E-state index contributed by atoms with van der Waals surface area (Å²) >= 11 is 0. The second-order valence-corrected chi connectivity index (χ2v) is 6.35. The van der Waals surface area contributed by atoms with E-state index >= 15 is 0 Å². The molecule has 0 aliphatic heterocycles. The van der Waals surface area contributed by atoms with Gasteiger partial charge in [-0.05, 0) is 24.5 Å². The van der Waals surface area contributed by atoms with Crippen LogP contribution in [0.4, 0.5) is 13.2 Å². The van der Waals surface area contributed by atoms with Crippen molar-refractivity contribution >= 4 is 5.91 Å². The molecule has 8 heteroatoms. The van der Waals surface area contributed by atoms with E-state index < -0.39 is 17.3 Å². The molecule has 0 atom stereocenters. The number of hydrogen-bond donors (Lipinski definition) is 1. The lowest BCUT2D eigenvalue weighted by atomic mass is 9.95. The Balaban J connectivity index is 1.75. The van der Waals surface area contributed by atoms with Crippen LogP contribution in [0.3, 0.4) is 0 Å². The highest BCUT2D eigenvalue weighted by Crippen LogP contribution is 2.37. The van der Waals surface area contributed by atoms with Gasteiger partial charge in [-0.25, -0.2) is 0 Å². The zero-order valence-electron chi connectivity index (χ0n) is 13.7. The van der Waals surface area contributed by atoms with Crippen molar-refractivity contribution in [2.24, 2.45) is 0 Å². The fraction of sp³-hybridized carbons (Fsp3) is 0.471. The fourth-order valence-corrected chi connectivity index (χ4v) is 3.23. The number of nitrogens with zero attached hydrogens (tertiary/aromatic N) is 2. The third kappa shape index (κ3) is 3.83. The van der Waals surface area contributed by atoms with E-state index in [1.165, 1.54) is 12.1 Å². The van der Waals surface area contributed by atoms with Crippen molar-refractivity contribution in [3.63, 3.8) is 0 Å². The minimum atomic E-state index is -4.43. The minimum Gasteiger partial charge on any atom is -0.343 e. The average Bonchev–Trinajstić information content (AvgIpc) is 3.16. The maximum absolute atomic E-state index is 12.8. The van der Waals surface area contributed by atoms with Crippen LogP contribution in [0.5, 0.6) is 0 Å². The standard InChI is InChI=1S/C17H18F3N3O2/c1-11-21-15(23-25-11)16(7-2-3-8-16)22-14(24)10-12-5-4-6-13(9-12)17(18,19)20/h4-6,9H,2-3,7-8,10H2,1H3,(H,22,24). The predicted octanol–water partition coefficient (Wildman–Crippen LogP) is 3.53. The number of carbonyl (C=O) groups is 1. The maximum Gasteiger partial charge on any atom is 0.416 e. The molecule has 134 valence electrons. The molecule has 2 aromatic rings. The number of carbonyl (C=O) groups excluding carboxylic acids is 1. The third-order valence-electron chi connectivity index (χ3n) is 4.41. The van der Waals surface area contributed by atoms with E-state index in [9.17, 15) is 18.0 Å². The molecule has 3 rings (SSSR count). The van der Waals surface area contributed by atoms with E-state index in [4.69, 9.17) is 4.52 Å². The van der Waals surface area contributed by atoms with Crippen molar-refractivity contribution in [1.82, 2.24) is 15.5 Å². The molecule has 0 unspecified atom stereocenters. The SMILES string of the molecule is Cc1nc(C2(NC(=O)Cc3cccc(C(F)(F)F)c3)CCCC2)no1. The van der Waals surface area contributed by atoms with Crippen molar-refractivity contribution in [3.8, 4) is 0 Å². The van der Waals surface area contributed by atoms with E-state index in [1.807, 2.05) is 0 Å². The molecule has 0 spiro atoms. The number of alkyl halides is 3. The molecular formula is C17H18F3N3O2. The van der Waals surface area contributed by atoms with E-state index in [-0.39, 0.29) is 12.3 Å². The van der Waals surface area contributed by atoms with E-state index in [0.29, 0.717) is 30.1 Å². The monoisotopic (exact) mass is 353 g/mol. The second kappa shape index (κ2) is 6.50. The zero-order chi connectivity index (χ0) is 18.1. The van der Waals surface area contributed by atoms with Crippen molar-refractivity contribution in [2.45, 2.75) is 50.7 Å². The minimum absolute atomic E-state index is 0.136. The highest BCUT2D eigenvalue weighted by molar-refractivity contribution is 5.79. The molecule has 1 fully saturated rings. The molecule has 1 saturated carbocycles. The Morgan fingerprint density at radius 2 is 2.04 bits per heavy atom. The lowest BCUT2D eigenvalue weighted by Gasteiger charge is -2.26. The van der Waals surface area contributed by atoms with Crippen molar-refractivity contribution in [1.29, 1.82) is 0 Å². The predicted molar refractivity (Wildman–Crippen MR) is 82.5 cm³/mol. The van der Waals surface area contributed by atoms with E-state index in [0.717, 1.165) is 25.0 Å². The summed E-state index contributed by atoms with van der Waals surface area (Å²) in [5.41, 5.74) is -1.15. The Labute approximate surface area is 142 Å². The van der Waals surface area contributed by atoms with Gasteiger partial charge in [-0.3, -0.25) is 4.79 Å². The van der Waals surface area contributed by atoms with Crippen LogP contribution in [0.25, 0.3) is 0 Å². The van der Waals surface area contributed by atoms with Gasteiger partial charge >= 0.3 is 6.18 Å². The Morgan fingerprint density at radius 3 is 2.64 bits per heavy atom.